The van der Waals surface area contributed by atoms with E-state index >= 15 is 0 Å². The fourth-order valence-corrected chi connectivity index (χ4v) is 3.19. The third kappa shape index (κ3) is 3.75. The van der Waals surface area contributed by atoms with Gasteiger partial charge in [0.25, 0.3) is 9.05 Å². The van der Waals surface area contributed by atoms with Gasteiger partial charge in [0.15, 0.2) is 0 Å². The summed E-state index contributed by atoms with van der Waals surface area (Å²) < 4.78 is 27.7. The van der Waals surface area contributed by atoms with Crippen molar-refractivity contribution in [3.63, 3.8) is 0 Å². The first-order valence-corrected chi connectivity index (χ1v) is 8.46. The van der Waals surface area contributed by atoms with Crippen LogP contribution in [0.2, 0.25) is 10.0 Å². The van der Waals surface area contributed by atoms with Gasteiger partial charge in [-0.2, -0.15) is 0 Å². The highest BCUT2D eigenvalue weighted by Crippen LogP contribution is 2.33. The van der Waals surface area contributed by atoms with Crippen LogP contribution >= 0.6 is 33.9 Å². The summed E-state index contributed by atoms with van der Waals surface area (Å²) in [5.41, 5.74) is 0.00859. The number of carbonyl (C=O) groups excluding carboxylic acids is 1. The highest BCUT2D eigenvalue weighted by atomic mass is 35.7. The number of ether oxygens (including phenoxy) is 1. The van der Waals surface area contributed by atoms with Gasteiger partial charge in [-0.05, 0) is 30.9 Å². The molecule has 1 saturated carbocycles. The van der Waals surface area contributed by atoms with E-state index in [1.807, 2.05) is 0 Å². The van der Waals surface area contributed by atoms with E-state index in [1.54, 1.807) is 0 Å². The molecule has 0 heterocycles. The number of esters is 1. The lowest BCUT2D eigenvalue weighted by atomic mass is 10.2. The first-order chi connectivity index (χ1) is 8.79. The summed E-state index contributed by atoms with van der Waals surface area (Å²) in [6.07, 6.45) is 2.08. The Morgan fingerprint density at radius 2 is 1.95 bits per heavy atom. The number of carbonyl (C=O) groups is 1. The average molecular weight is 344 g/mol. The third-order valence-corrected chi connectivity index (χ3v) is 4.90. The highest BCUT2D eigenvalue weighted by molar-refractivity contribution is 8.13. The van der Waals surface area contributed by atoms with Crippen LogP contribution in [0.5, 0.6) is 0 Å². The summed E-state index contributed by atoms with van der Waals surface area (Å²) in [7, 11) is 1.14. The molecule has 19 heavy (non-hydrogen) atoms. The molecule has 0 unspecified atom stereocenters. The van der Waals surface area contributed by atoms with Gasteiger partial charge in [0, 0.05) is 10.7 Å². The van der Waals surface area contributed by atoms with E-state index < -0.39 is 19.9 Å². The van der Waals surface area contributed by atoms with E-state index in [-0.39, 0.29) is 15.6 Å². The Labute approximate surface area is 125 Å². The van der Waals surface area contributed by atoms with Crippen molar-refractivity contribution in [1.82, 2.24) is 0 Å². The minimum atomic E-state index is -4.08. The molecular weight excluding hydrogens is 335 g/mol. The zero-order valence-corrected chi connectivity index (χ0v) is 12.6. The maximum absolute atomic E-state index is 11.8. The summed E-state index contributed by atoms with van der Waals surface area (Å²) in [4.78, 5) is 11.4. The standard InChI is InChI=1S/C11H9Cl3O4S/c12-8-3-7(11(15)18-5-6-1-2-6)4-9(10(8)13)19(14,16)17/h3-4,6H,1-2,5H2. The molecule has 0 spiro atoms. The molecule has 0 atom stereocenters. The smallest absolute Gasteiger partial charge is 0.338 e. The minimum Gasteiger partial charge on any atom is -0.462 e. The van der Waals surface area contributed by atoms with Crippen LogP contribution in [-0.4, -0.2) is 21.0 Å². The molecule has 1 aromatic carbocycles. The average Bonchev–Trinajstić information content (AvgIpc) is 3.11. The van der Waals surface area contributed by atoms with Crippen LogP contribution in [0.15, 0.2) is 17.0 Å². The number of halogens is 3. The van der Waals surface area contributed by atoms with Gasteiger partial charge in [-0.15, -0.1) is 0 Å². The molecule has 8 heteroatoms. The van der Waals surface area contributed by atoms with Crippen molar-refractivity contribution < 1.29 is 17.9 Å². The third-order valence-electron chi connectivity index (χ3n) is 2.64. The second-order valence-corrected chi connectivity index (χ2v) is 7.57. The summed E-state index contributed by atoms with van der Waals surface area (Å²) in [6.45, 7) is 0.321. The summed E-state index contributed by atoms with van der Waals surface area (Å²) in [5.74, 6) is -0.241. The first-order valence-electron chi connectivity index (χ1n) is 5.40. The Balaban J connectivity index is 2.30. The topological polar surface area (TPSA) is 60.4 Å². The number of hydrogen-bond acceptors (Lipinski definition) is 4. The second-order valence-electron chi connectivity index (χ2n) is 4.25. The van der Waals surface area contributed by atoms with Crippen molar-refractivity contribution in [1.29, 1.82) is 0 Å². The van der Waals surface area contributed by atoms with E-state index in [1.165, 1.54) is 6.07 Å². The molecule has 0 aliphatic heterocycles. The van der Waals surface area contributed by atoms with Gasteiger partial charge in [0.2, 0.25) is 0 Å². The summed E-state index contributed by atoms with van der Waals surface area (Å²) in [6, 6.07) is 2.32. The van der Waals surface area contributed by atoms with Gasteiger partial charge < -0.3 is 4.74 Å². The molecule has 0 saturated heterocycles. The van der Waals surface area contributed by atoms with Crippen LogP contribution in [-0.2, 0) is 13.8 Å². The van der Waals surface area contributed by atoms with Gasteiger partial charge in [-0.3, -0.25) is 0 Å². The number of rotatable bonds is 4. The minimum absolute atomic E-state index is 0.00859. The number of benzene rings is 1. The Bertz CT molecular complexity index is 623. The van der Waals surface area contributed by atoms with Gasteiger partial charge in [-0.1, -0.05) is 23.2 Å². The number of hydrogen-bond donors (Lipinski definition) is 0. The first kappa shape index (κ1) is 14.9. The van der Waals surface area contributed by atoms with Crippen LogP contribution in [0.25, 0.3) is 0 Å². The van der Waals surface area contributed by atoms with E-state index in [0.29, 0.717) is 12.5 Å². The Morgan fingerprint density at radius 1 is 1.32 bits per heavy atom. The fourth-order valence-electron chi connectivity index (χ4n) is 1.42. The van der Waals surface area contributed by atoms with Crippen molar-refractivity contribution in [2.45, 2.75) is 17.7 Å². The molecule has 0 amide bonds. The maximum atomic E-state index is 11.8. The van der Waals surface area contributed by atoms with Crippen molar-refractivity contribution >= 4 is 48.9 Å². The monoisotopic (exact) mass is 342 g/mol. The zero-order chi connectivity index (χ0) is 14.2. The van der Waals surface area contributed by atoms with E-state index in [2.05, 4.69) is 0 Å². The van der Waals surface area contributed by atoms with Gasteiger partial charge in [-0.25, -0.2) is 13.2 Å². The fraction of sp³-hybridized carbons (Fsp3) is 0.364. The maximum Gasteiger partial charge on any atom is 0.338 e. The molecule has 1 aliphatic carbocycles. The predicted octanol–water partition coefficient (Wildman–Crippen LogP) is 3.49. The molecule has 1 aliphatic rings. The molecule has 0 N–H and O–H groups in total. The van der Waals surface area contributed by atoms with E-state index in [0.717, 1.165) is 18.9 Å². The lowest BCUT2D eigenvalue weighted by molar-refractivity contribution is 0.0486. The Hall–Kier alpha value is -0.490. The van der Waals surface area contributed by atoms with Crippen LogP contribution in [0.4, 0.5) is 0 Å². The Morgan fingerprint density at radius 3 is 2.47 bits per heavy atom. The molecular formula is C11H9Cl3O4S. The van der Waals surface area contributed by atoms with E-state index in [9.17, 15) is 13.2 Å². The lowest BCUT2D eigenvalue weighted by Gasteiger charge is -2.07. The van der Waals surface area contributed by atoms with Gasteiger partial charge >= 0.3 is 5.97 Å². The van der Waals surface area contributed by atoms with Crippen molar-refractivity contribution in [2.24, 2.45) is 5.92 Å². The molecule has 2 rings (SSSR count). The van der Waals surface area contributed by atoms with Crippen LogP contribution in [0.3, 0.4) is 0 Å². The predicted molar refractivity (Wildman–Crippen MR) is 72.5 cm³/mol. The molecule has 0 radical (unpaired) electrons. The molecule has 4 nitrogen and oxygen atoms in total. The molecule has 104 valence electrons. The quantitative estimate of drug-likeness (QED) is 0.620. The summed E-state index contributed by atoms with van der Waals surface area (Å²) in [5, 5.41) is -0.280. The Kier molecular flexibility index (Phi) is 4.30. The van der Waals surface area contributed by atoms with E-state index in [4.69, 9.17) is 38.6 Å². The SMILES string of the molecule is O=C(OCC1CC1)c1cc(Cl)c(Cl)c(S(=O)(=O)Cl)c1. The highest BCUT2D eigenvalue weighted by Gasteiger charge is 2.25. The lowest BCUT2D eigenvalue weighted by Crippen LogP contribution is -2.08. The van der Waals surface area contributed by atoms with Crippen LogP contribution in [0, 0.1) is 5.92 Å². The normalized spacial score (nSPS) is 15.3. The largest absolute Gasteiger partial charge is 0.462 e. The summed E-state index contributed by atoms with van der Waals surface area (Å²) >= 11 is 11.5. The molecule has 0 bridgehead atoms. The zero-order valence-electron chi connectivity index (χ0n) is 9.53. The molecule has 0 aromatic heterocycles. The van der Waals surface area contributed by atoms with Gasteiger partial charge in [0.1, 0.15) is 4.90 Å². The second kappa shape index (κ2) is 5.48. The molecule has 1 aromatic rings. The van der Waals surface area contributed by atoms with Gasteiger partial charge in [0.05, 0.1) is 22.2 Å². The molecule has 1 fully saturated rings. The van der Waals surface area contributed by atoms with Crippen molar-refractivity contribution in [2.75, 3.05) is 6.61 Å². The van der Waals surface area contributed by atoms with Crippen LogP contribution < -0.4 is 0 Å². The van der Waals surface area contributed by atoms with Crippen molar-refractivity contribution in [3.05, 3.63) is 27.7 Å². The van der Waals surface area contributed by atoms with Crippen LogP contribution in [0.1, 0.15) is 23.2 Å². The van der Waals surface area contributed by atoms with Crippen molar-refractivity contribution in [3.8, 4) is 0 Å².